The standard InChI is InChI=1S/C15H16F6N2O/c16-14(17,18)10-5-6-12(23-7-3-1-2-4-8-23)11(9-10)22-13(24)15(19,20)21/h5-6,9H,1-4,7-8H2,(H,22,24). The van der Waals surface area contributed by atoms with Gasteiger partial charge in [0.15, 0.2) is 0 Å². The van der Waals surface area contributed by atoms with Gasteiger partial charge in [0.05, 0.1) is 16.9 Å². The largest absolute Gasteiger partial charge is 0.471 e. The van der Waals surface area contributed by atoms with Crippen molar-refractivity contribution in [3.05, 3.63) is 23.8 Å². The Morgan fingerprint density at radius 3 is 2.04 bits per heavy atom. The van der Waals surface area contributed by atoms with Gasteiger partial charge in [-0.2, -0.15) is 26.3 Å². The lowest BCUT2D eigenvalue weighted by Gasteiger charge is -2.26. The Hall–Kier alpha value is -1.93. The Bertz CT molecular complexity index is 589. The number of nitrogens with one attached hydrogen (secondary N) is 1. The molecule has 1 amide bonds. The molecule has 1 fully saturated rings. The fourth-order valence-electron chi connectivity index (χ4n) is 2.59. The van der Waals surface area contributed by atoms with Gasteiger partial charge in [0.25, 0.3) is 0 Å². The van der Waals surface area contributed by atoms with Crippen molar-refractivity contribution >= 4 is 17.3 Å². The molecule has 1 aromatic carbocycles. The van der Waals surface area contributed by atoms with Crippen LogP contribution in [0.25, 0.3) is 0 Å². The first kappa shape index (κ1) is 18.4. The Morgan fingerprint density at radius 1 is 0.958 bits per heavy atom. The minimum atomic E-state index is -5.18. The summed E-state index contributed by atoms with van der Waals surface area (Å²) in [5.41, 5.74) is -1.42. The number of anilines is 2. The second-order valence-electron chi connectivity index (χ2n) is 5.58. The molecule has 1 saturated heterocycles. The van der Waals surface area contributed by atoms with E-state index in [-0.39, 0.29) is 5.69 Å². The van der Waals surface area contributed by atoms with Crippen LogP contribution in [0.3, 0.4) is 0 Å². The summed E-state index contributed by atoms with van der Waals surface area (Å²) in [5.74, 6) is -2.29. The summed E-state index contributed by atoms with van der Waals surface area (Å²) in [5, 5.41) is 1.58. The number of nitrogens with zero attached hydrogens (tertiary/aromatic N) is 1. The van der Waals surface area contributed by atoms with E-state index in [1.54, 1.807) is 10.2 Å². The highest BCUT2D eigenvalue weighted by Gasteiger charge is 2.40. The van der Waals surface area contributed by atoms with Gasteiger partial charge in [0.1, 0.15) is 0 Å². The van der Waals surface area contributed by atoms with Gasteiger partial charge in [-0.25, -0.2) is 0 Å². The van der Waals surface area contributed by atoms with Gasteiger partial charge in [-0.1, -0.05) is 12.8 Å². The number of amides is 1. The van der Waals surface area contributed by atoms with E-state index in [0.717, 1.165) is 37.8 Å². The van der Waals surface area contributed by atoms with E-state index in [1.165, 1.54) is 0 Å². The minimum Gasteiger partial charge on any atom is -0.370 e. The van der Waals surface area contributed by atoms with Crippen LogP contribution in [0.5, 0.6) is 0 Å². The lowest BCUT2D eigenvalue weighted by Crippen LogP contribution is -2.32. The normalized spacial score (nSPS) is 16.7. The molecule has 1 aromatic rings. The number of carbonyl (C=O) groups is 1. The Balaban J connectivity index is 2.39. The van der Waals surface area contributed by atoms with E-state index >= 15 is 0 Å². The Kier molecular flexibility index (Phi) is 5.29. The van der Waals surface area contributed by atoms with E-state index in [1.807, 2.05) is 0 Å². The van der Waals surface area contributed by atoms with Gasteiger partial charge in [0.2, 0.25) is 0 Å². The first-order chi connectivity index (χ1) is 11.1. The Labute approximate surface area is 134 Å². The molecule has 2 rings (SSSR count). The van der Waals surface area contributed by atoms with Crippen LogP contribution in [0.4, 0.5) is 37.7 Å². The third-order valence-electron chi connectivity index (χ3n) is 3.78. The summed E-state index contributed by atoms with van der Waals surface area (Å²) in [7, 11) is 0. The van der Waals surface area contributed by atoms with Gasteiger partial charge in [-0.3, -0.25) is 4.79 Å². The first-order valence-electron chi connectivity index (χ1n) is 7.43. The SMILES string of the molecule is O=C(Nc1cc(C(F)(F)F)ccc1N1CCCCCC1)C(F)(F)F. The second kappa shape index (κ2) is 6.90. The van der Waals surface area contributed by atoms with Crippen molar-refractivity contribution in [3.8, 4) is 0 Å². The van der Waals surface area contributed by atoms with Gasteiger partial charge in [-0.05, 0) is 31.0 Å². The van der Waals surface area contributed by atoms with Crippen LogP contribution in [0.15, 0.2) is 18.2 Å². The molecule has 0 unspecified atom stereocenters. The van der Waals surface area contributed by atoms with Crippen molar-refractivity contribution in [1.29, 1.82) is 0 Å². The smallest absolute Gasteiger partial charge is 0.370 e. The zero-order valence-electron chi connectivity index (χ0n) is 12.6. The van der Waals surface area contributed by atoms with Crippen LogP contribution in [-0.2, 0) is 11.0 Å². The summed E-state index contributed by atoms with van der Waals surface area (Å²) in [6, 6.07) is 2.47. The molecule has 0 saturated carbocycles. The zero-order valence-corrected chi connectivity index (χ0v) is 12.6. The lowest BCUT2D eigenvalue weighted by atomic mass is 10.1. The number of carbonyl (C=O) groups excluding carboxylic acids is 1. The molecule has 0 aromatic heterocycles. The Morgan fingerprint density at radius 2 is 1.54 bits per heavy atom. The number of hydrogen-bond acceptors (Lipinski definition) is 2. The topological polar surface area (TPSA) is 32.3 Å². The van der Waals surface area contributed by atoms with Crippen molar-refractivity contribution in [2.24, 2.45) is 0 Å². The highest BCUT2D eigenvalue weighted by molar-refractivity contribution is 5.98. The molecular formula is C15H16F6N2O. The number of hydrogen-bond donors (Lipinski definition) is 1. The van der Waals surface area contributed by atoms with E-state index in [0.29, 0.717) is 19.2 Å². The molecule has 134 valence electrons. The van der Waals surface area contributed by atoms with Crippen molar-refractivity contribution in [1.82, 2.24) is 0 Å². The molecule has 1 aliphatic rings. The summed E-state index contributed by atoms with van der Waals surface area (Å²) < 4.78 is 75.9. The van der Waals surface area contributed by atoms with Gasteiger partial charge in [0, 0.05) is 13.1 Å². The molecule has 3 nitrogen and oxygen atoms in total. The lowest BCUT2D eigenvalue weighted by molar-refractivity contribution is -0.167. The van der Waals surface area contributed by atoms with E-state index in [9.17, 15) is 31.1 Å². The number of alkyl halides is 6. The van der Waals surface area contributed by atoms with Crippen LogP contribution >= 0.6 is 0 Å². The molecule has 0 radical (unpaired) electrons. The van der Waals surface area contributed by atoms with Crippen LogP contribution in [-0.4, -0.2) is 25.2 Å². The molecule has 1 heterocycles. The summed E-state index contributed by atoms with van der Waals surface area (Å²) in [6.07, 6.45) is -6.43. The van der Waals surface area contributed by atoms with Crippen molar-refractivity contribution < 1.29 is 31.1 Å². The highest BCUT2D eigenvalue weighted by atomic mass is 19.4. The molecule has 0 atom stereocenters. The van der Waals surface area contributed by atoms with Crippen LogP contribution < -0.4 is 10.2 Å². The third kappa shape index (κ3) is 4.55. The van der Waals surface area contributed by atoms with E-state index < -0.39 is 29.5 Å². The molecule has 0 bridgehead atoms. The van der Waals surface area contributed by atoms with Crippen LogP contribution in [0, 0.1) is 0 Å². The van der Waals surface area contributed by atoms with Gasteiger partial charge in [-0.15, -0.1) is 0 Å². The fourth-order valence-corrected chi connectivity index (χ4v) is 2.59. The summed E-state index contributed by atoms with van der Waals surface area (Å²) in [4.78, 5) is 12.9. The zero-order chi connectivity index (χ0) is 18.0. The van der Waals surface area contributed by atoms with Crippen LogP contribution in [0.2, 0.25) is 0 Å². The first-order valence-corrected chi connectivity index (χ1v) is 7.43. The molecule has 0 spiro atoms. The minimum absolute atomic E-state index is 0.169. The van der Waals surface area contributed by atoms with Crippen molar-refractivity contribution in [2.75, 3.05) is 23.3 Å². The molecule has 0 aliphatic carbocycles. The predicted molar refractivity (Wildman–Crippen MR) is 76.8 cm³/mol. The molecule has 1 N–H and O–H groups in total. The maximum absolute atomic E-state index is 12.8. The maximum atomic E-state index is 12.8. The predicted octanol–water partition coefficient (Wildman–Crippen LogP) is 4.59. The van der Waals surface area contributed by atoms with Gasteiger partial charge < -0.3 is 10.2 Å². The number of halogens is 6. The monoisotopic (exact) mass is 354 g/mol. The quantitative estimate of drug-likeness (QED) is 0.788. The average molecular weight is 354 g/mol. The van der Waals surface area contributed by atoms with E-state index in [4.69, 9.17) is 0 Å². The number of rotatable bonds is 2. The maximum Gasteiger partial charge on any atom is 0.471 e. The highest BCUT2D eigenvalue weighted by Crippen LogP contribution is 2.36. The summed E-state index contributed by atoms with van der Waals surface area (Å²) >= 11 is 0. The van der Waals surface area contributed by atoms with Crippen molar-refractivity contribution in [2.45, 2.75) is 38.0 Å². The van der Waals surface area contributed by atoms with E-state index in [2.05, 4.69) is 0 Å². The molecular weight excluding hydrogens is 338 g/mol. The van der Waals surface area contributed by atoms with Crippen molar-refractivity contribution in [3.63, 3.8) is 0 Å². The molecule has 1 aliphatic heterocycles. The average Bonchev–Trinajstić information content (AvgIpc) is 2.74. The number of benzene rings is 1. The van der Waals surface area contributed by atoms with Gasteiger partial charge >= 0.3 is 18.3 Å². The summed E-state index contributed by atoms with van der Waals surface area (Å²) in [6.45, 7) is 1.03. The fraction of sp³-hybridized carbons (Fsp3) is 0.533. The second-order valence-corrected chi connectivity index (χ2v) is 5.58. The molecule has 9 heteroatoms. The van der Waals surface area contributed by atoms with Crippen LogP contribution in [0.1, 0.15) is 31.2 Å². The third-order valence-corrected chi connectivity index (χ3v) is 3.78. The molecule has 24 heavy (non-hydrogen) atoms.